The highest BCUT2D eigenvalue weighted by Crippen LogP contribution is 2.19. The molecule has 13 heavy (non-hydrogen) atoms. The molecule has 0 saturated heterocycles. The fraction of sp³-hybridized carbons (Fsp3) is 0.286. The van der Waals surface area contributed by atoms with Gasteiger partial charge in [-0.15, -0.1) is 0 Å². The molecule has 0 amide bonds. The molecule has 0 bridgehead atoms. The van der Waals surface area contributed by atoms with E-state index in [1.54, 1.807) is 19.0 Å². The summed E-state index contributed by atoms with van der Waals surface area (Å²) in [6.07, 6.45) is 1.47. The topological polar surface area (TPSA) is 77.9 Å². The molecule has 2 aromatic rings. The van der Waals surface area contributed by atoms with Gasteiger partial charge in [0.05, 0.1) is 6.33 Å². The average molecular weight is 179 g/mol. The molecule has 6 heteroatoms. The number of aromatic hydroxyl groups is 1. The Morgan fingerprint density at radius 3 is 2.85 bits per heavy atom. The third kappa shape index (κ3) is 1.16. The van der Waals surface area contributed by atoms with Crippen molar-refractivity contribution in [3.8, 4) is 5.88 Å². The molecular formula is C7H9N5O. The van der Waals surface area contributed by atoms with Crippen LogP contribution in [0, 0.1) is 0 Å². The van der Waals surface area contributed by atoms with Gasteiger partial charge in [0.25, 0.3) is 0 Å². The summed E-state index contributed by atoms with van der Waals surface area (Å²) < 4.78 is 0. The number of H-pyrrole nitrogens is 1. The summed E-state index contributed by atoms with van der Waals surface area (Å²) in [5.41, 5.74) is 0.932. The van der Waals surface area contributed by atoms with E-state index in [2.05, 4.69) is 19.9 Å². The highest BCUT2D eigenvalue weighted by Gasteiger charge is 2.09. The first-order valence-electron chi connectivity index (χ1n) is 3.76. The van der Waals surface area contributed by atoms with Crippen LogP contribution in [-0.4, -0.2) is 39.1 Å². The SMILES string of the molecule is CN(C)c1nc(O)c2nc[nH]c2n1. The van der Waals surface area contributed by atoms with Gasteiger partial charge in [-0.05, 0) is 0 Å². The number of fused-ring (bicyclic) bond motifs is 1. The summed E-state index contributed by atoms with van der Waals surface area (Å²) in [7, 11) is 3.61. The van der Waals surface area contributed by atoms with E-state index in [9.17, 15) is 5.11 Å². The molecule has 0 fully saturated rings. The summed E-state index contributed by atoms with van der Waals surface area (Å²) in [5.74, 6) is 0.351. The molecule has 0 aliphatic rings. The second-order valence-electron chi connectivity index (χ2n) is 2.84. The largest absolute Gasteiger partial charge is 0.492 e. The molecule has 2 N–H and O–H groups in total. The quantitative estimate of drug-likeness (QED) is 0.650. The van der Waals surface area contributed by atoms with Gasteiger partial charge in [0, 0.05) is 14.1 Å². The smallest absolute Gasteiger partial charge is 0.244 e. The third-order valence-corrected chi connectivity index (χ3v) is 1.65. The van der Waals surface area contributed by atoms with Crippen molar-refractivity contribution in [3.05, 3.63) is 6.33 Å². The van der Waals surface area contributed by atoms with E-state index in [1.165, 1.54) is 6.33 Å². The Labute approximate surface area is 74.3 Å². The molecule has 0 unspecified atom stereocenters. The standard InChI is InChI=1S/C7H9N5O/c1-12(2)7-10-5-4(6(13)11-7)8-3-9-5/h3H,1-2H3,(H2,8,9,10,11,13). The van der Waals surface area contributed by atoms with Crippen molar-refractivity contribution < 1.29 is 5.11 Å². The normalized spacial score (nSPS) is 10.6. The highest BCUT2D eigenvalue weighted by molar-refractivity contribution is 5.76. The summed E-state index contributed by atoms with van der Waals surface area (Å²) in [5, 5.41) is 9.43. The monoisotopic (exact) mass is 179 g/mol. The molecule has 68 valence electrons. The molecule has 0 aliphatic heterocycles. The number of imidazole rings is 1. The zero-order valence-corrected chi connectivity index (χ0v) is 7.31. The van der Waals surface area contributed by atoms with Gasteiger partial charge in [-0.1, -0.05) is 0 Å². The number of hydrogen-bond acceptors (Lipinski definition) is 5. The van der Waals surface area contributed by atoms with E-state index in [0.29, 0.717) is 17.1 Å². The first kappa shape index (κ1) is 7.78. The maximum absolute atomic E-state index is 9.43. The van der Waals surface area contributed by atoms with Crippen LogP contribution >= 0.6 is 0 Å². The number of aromatic nitrogens is 4. The van der Waals surface area contributed by atoms with Crippen molar-refractivity contribution in [2.24, 2.45) is 0 Å². The second kappa shape index (κ2) is 2.58. The maximum Gasteiger partial charge on any atom is 0.244 e. The molecule has 0 aromatic carbocycles. The van der Waals surface area contributed by atoms with E-state index < -0.39 is 0 Å². The Morgan fingerprint density at radius 1 is 1.38 bits per heavy atom. The van der Waals surface area contributed by atoms with Crippen molar-refractivity contribution in [3.63, 3.8) is 0 Å². The summed E-state index contributed by atoms with van der Waals surface area (Å²) in [6.45, 7) is 0. The van der Waals surface area contributed by atoms with Crippen LogP contribution in [-0.2, 0) is 0 Å². The van der Waals surface area contributed by atoms with E-state index in [0.717, 1.165) is 0 Å². The van der Waals surface area contributed by atoms with Crippen LogP contribution in [0.3, 0.4) is 0 Å². The van der Waals surface area contributed by atoms with E-state index in [4.69, 9.17) is 0 Å². The molecule has 0 spiro atoms. The Kier molecular flexibility index (Phi) is 1.54. The van der Waals surface area contributed by atoms with Crippen molar-refractivity contribution >= 4 is 17.1 Å². The molecule has 0 radical (unpaired) electrons. The number of hydrogen-bond donors (Lipinski definition) is 2. The van der Waals surface area contributed by atoms with Crippen LogP contribution < -0.4 is 4.90 Å². The first-order valence-corrected chi connectivity index (χ1v) is 3.76. The molecule has 2 heterocycles. The van der Waals surface area contributed by atoms with Crippen molar-refractivity contribution in [1.82, 2.24) is 19.9 Å². The third-order valence-electron chi connectivity index (χ3n) is 1.65. The number of anilines is 1. The lowest BCUT2D eigenvalue weighted by Gasteiger charge is -2.08. The van der Waals surface area contributed by atoms with E-state index in [1.807, 2.05) is 0 Å². The minimum atomic E-state index is -0.102. The fourth-order valence-corrected chi connectivity index (χ4v) is 1.01. The van der Waals surface area contributed by atoms with Gasteiger partial charge in [0.1, 0.15) is 0 Å². The lowest BCUT2D eigenvalue weighted by molar-refractivity contribution is 0.458. The Hall–Kier alpha value is -1.85. The molecule has 0 saturated carbocycles. The highest BCUT2D eigenvalue weighted by atomic mass is 16.3. The Bertz CT molecular complexity index is 435. The Morgan fingerprint density at radius 2 is 2.15 bits per heavy atom. The van der Waals surface area contributed by atoms with E-state index >= 15 is 0 Å². The molecule has 0 aliphatic carbocycles. The molecular weight excluding hydrogens is 170 g/mol. The van der Waals surface area contributed by atoms with Crippen LogP contribution in [0.5, 0.6) is 5.88 Å². The molecule has 6 nitrogen and oxygen atoms in total. The van der Waals surface area contributed by atoms with E-state index in [-0.39, 0.29) is 5.88 Å². The molecule has 2 rings (SSSR count). The van der Waals surface area contributed by atoms with Gasteiger partial charge in [-0.2, -0.15) is 9.97 Å². The summed E-state index contributed by atoms with van der Waals surface area (Å²) in [4.78, 5) is 16.4. The second-order valence-corrected chi connectivity index (χ2v) is 2.84. The number of rotatable bonds is 1. The fourth-order valence-electron chi connectivity index (χ4n) is 1.01. The number of nitrogens with one attached hydrogen (secondary N) is 1. The minimum Gasteiger partial charge on any atom is -0.492 e. The van der Waals surface area contributed by atoms with Gasteiger partial charge < -0.3 is 15.0 Å². The first-order chi connectivity index (χ1) is 6.18. The lowest BCUT2D eigenvalue weighted by atomic mass is 10.5. The van der Waals surface area contributed by atoms with Crippen LogP contribution in [0.1, 0.15) is 0 Å². The Balaban J connectivity index is 2.70. The van der Waals surface area contributed by atoms with Gasteiger partial charge in [0.2, 0.25) is 11.8 Å². The lowest BCUT2D eigenvalue weighted by Crippen LogP contribution is -2.12. The van der Waals surface area contributed by atoms with Gasteiger partial charge in [-0.25, -0.2) is 4.98 Å². The molecule has 0 atom stereocenters. The van der Waals surface area contributed by atoms with Gasteiger partial charge in [-0.3, -0.25) is 0 Å². The average Bonchev–Trinajstić information content (AvgIpc) is 2.51. The number of aromatic amines is 1. The van der Waals surface area contributed by atoms with Crippen LogP contribution in [0.4, 0.5) is 5.95 Å². The minimum absolute atomic E-state index is 0.102. The molecule has 2 aromatic heterocycles. The number of nitrogens with zero attached hydrogens (tertiary/aromatic N) is 4. The van der Waals surface area contributed by atoms with Crippen molar-refractivity contribution in [2.75, 3.05) is 19.0 Å². The van der Waals surface area contributed by atoms with Crippen LogP contribution in [0.15, 0.2) is 6.33 Å². The van der Waals surface area contributed by atoms with Crippen LogP contribution in [0.25, 0.3) is 11.2 Å². The summed E-state index contributed by atoms with van der Waals surface area (Å²) >= 11 is 0. The van der Waals surface area contributed by atoms with Crippen molar-refractivity contribution in [2.45, 2.75) is 0 Å². The summed E-state index contributed by atoms with van der Waals surface area (Å²) in [6, 6.07) is 0. The predicted octanol–water partition coefficient (Wildman–Crippen LogP) is 0.124. The maximum atomic E-state index is 9.43. The predicted molar refractivity (Wildman–Crippen MR) is 47.7 cm³/mol. The van der Waals surface area contributed by atoms with Gasteiger partial charge >= 0.3 is 0 Å². The van der Waals surface area contributed by atoms with Crippen LogP contribution in [0.2, 0.25) is 0 Å². The van der Waals surface area contributed by atoms with Crippen molar-refractivity contribution in [1.29, 1.82) is 0 Å². The van der Waals surface area contributed by atoms with Gasteiger partial charge in [0.15, 0.2) is 11.2 Å². The zero-order valence-electron chi connectivity index (χ0n) is 7.31. The zero-order chi connectivity index (χ0) is 9.42.